The molecule has 0 bridgehead atoms. The van der Waals surface area contributed by atoms with Gasteiger partial charge in [-0.1, -0.05) is 84.0 Å². The van der Waals surface area contributed by atoms with Crippen molar-refractivity contribution in [3.8, 4) is 0 Å². The number of hydrogen-bond acceptors (Lipinski definition) is 2. The number of benzene rings is 2. The molecule has 2 aromatic carbocycles. The summed E-state index contributed by atoms with van der Waals surface area (Å²) >= 11 is 0.194. The van der Waals surface area contributed by atoms with E-state index in [2.05, 4.69) is 134 Å². The van der Waals surface area contributed by atoms with Gasteiger partial charge in [0.1, 0.15) is 7.05 Å². The summed E-state index contributed by atoms with van der Waals surface area (Å²) in [5.74, 6) is 0. The number of para-hydroxylation sites is 2. The van der Waals surface area contributed by atoms with E-state index in [0.717, 1.165) is 35.6 Å². The summed E-state index contributed by atoms with van der Waals surface area (Å²) in [4.78, 5) is 9.96. The van der Waals surface area contributed by atoms with Crippen LogP contribution in [0.1, 0.15) is 77.9 Å². The van der Waals surface area contributed by atoms with Crippen molar-refractivity contribution in [1.82, 2.24) is 4.98 Å². The van der Waals surface area contributed by atoms with E-state index in [1.54, 1.807) is 0 Å². The van der Waals surface area contributed by atoms with E-state index in [1.807, 2.05) is 0 Å². The monoisotopic (exact) mass is 594 g/mol. The molecule has 0 aliphatic heterocycles. The molecule has 6 heteroatoms. The molecule has 0 aliphatic carbocycles. The first-order valence-electron chi connectivity index (χ1n) is 12.9. The van der Waals surface area contributed by atoms with Crippen LogP contribution in [0.5, 0.6) is 0 Å². The molecule has 0 aliphatic rings. The van der Waals surface area contributed by atoms with Gasteiger partial charge in [-0.2, -0.15) is 0 Å². The summed E-state index contributed by atoms with van der Waals surface area (Å²) in [6, 6.07) is 23.5. The zero-order chi connectivity index (χ0) is 28.5. The van der Waals surface area contributed by atoms with Crippen molar-refractivity contribution in [3.05, 3.63) is 89.2 Å². The van der Waals surface area contributed by atoms with Gasteiger partial charge >= 0.3 is 33.3 Å². The molecule has 0 atom stereocenters. The maximum atomic E-state index is 4.98. The van der Waals surface area contributed by atoms with Gasteiger partial charge in [0.2, 0.25) is 5.69 Å². The first-order valence-corrected chi connectivity index (χ1v) is 15.9. The molecule has 0 fully saturated rings. The summed E-state index contributed by atoms with van der Waals surface area (Å²) in [5, 5.41) is 0. The molecule has 0 radical (unpaired) electrons. The van der Waals surface area contributed by atoms with Crippen LogP contribution in [-0.2, 0) is 36.8 Å². The molecule has 3 aromatic rings. The molecule has 38 heavy (non-hydrogen) atoms. The Morgan fingerprint density at radius 1 is 0.763 bits per heavy atom. The molecular formula is C32H42Cl2FeN3+. The topological polar surface area (TPSA) is 28.3 Å². The molecule has 3 nitrogen and oxygen atoms in total. The first-order chi connectivity index (χ1) is 17.8. The van der Waals surface area contributed by atoms with Crippen molar-refractivity contribution in [2.45, 2.75) is 79.1 Å². The Morgan fingerprint density at radius 2 is 1.26 bits per heavy atom. The Kier molecular flexibility index (Phi) is 12.2. The van der Waals surface area contributed by atoms with Crippen LogP contribution in [0, 0.1) is 0 Å². The number of rotatable bonds is 6. The Bertz CT molecular complexity index is 1270. The molecular weight excluding hydrogens is 553 g/mol. The fourth-order valence-electron chi connectivity index (χ4n) is 4.43. The summed E-state index contributed by atoms with van der Waals surface area (Å²) in [7, 11) is 11.7. The summed E-state index contributed by atoms with van der Waals surface area (Å²) in [5.41, 5.74) is 9.57. The molecule has 3 rings (SSSR count). The maximum absolute atomic E-state index is 4.98. The molecule has 1 heterocycles. The number of nitrogens with zero attached hydrogens (tertiary/aromatic N) is 3. The normalized spacial score (nSPS) is 13.1. The number of hydrogen-bond donors (Lipinski definition) is 0. The van der Waals surface area contributed by atoms with E-state index in [-0.39, 0.29) is 24.0 Å². The zero-order valence-electron chi connectivity index (χ0n) is 24.2. The predicted octanol–water partition coefficient (Wildman–Crippen LogP) is 9.37. The Labute approximate surface area is 245 Å². The molecule has 0 unspecified atom stereocenters. The minimum atomic E-state index is 0.0591. The summed E-state index contributed by atoms with van der Waals surface area (Å²) in [6.07, 6.45) is 1.56. The van der Waals surface area contributed by atoms with Crippen LogP contribution < -0.4 is 0 Å². The number of halogens is 2. The Hall–Kier alpha value is -1.97. The van der Waals surface area contributed by atoms with Crippen LogP contribution >= 0.6 is 20.2 Å². The molecule has 1 aromatic heterocycles. The van der Waals surface area contributed by atoms with Crippen LogP contribution in [0.25, 0.3) is 0 Å². The van der Waals surface area contributed by atoms with E-state index in [0.29, 0.717) is 0 Å². The Morgan fingerprint density at radius 3 is 1.84 bits per heavy atom. The number of aliphatic imine (C=N–C) groups is 1. The van der Waals surface area contributed by atoms with E-state index < -0.39 is 0 Å². The van der Waals surface area contributed by atoms with E-state index >= 15 is 0 Å². The quantitative estimate of drug-likeness (QED) is 0.159. The summed E-state index contributed by atoms with van der Waals surface area (Å²) < 4.78 is 2.31. The van der Waals surface area contributed by atoms with Crippen LogP contribution in [0.15, 0.2) is 71.7 Å². The third-order valence-corrected chi connectivity index (χ3v) is 6.41. The van der Waals surface area contributed by atoms with Crippen LogP contribution in [0.4, 0.5) is 11.4 Å². The SMILES string of the molecule is CC(Cc1cccc(CC(C)=[N+](C)c2ccccc2C(C)(C)C)n1)=Nc1ccccc1C(C)(C)C.[Cl][Fe][Cl]. The molecule has 0 N–H and O–H groups in total. The van der Waals surface area contributed by atoms with Gasteiger partial charge in [0.25, 0.3) is 0 Å². The van der Waals surface area contributed by atoms with Crippen LogP contribution in [0.2, 0.25) is 0 Å². The molecule has 206 valence electrons. The van der Waals surface area contributed by atoms with Gasteiger partial charge in [-0.15, -0.1) is 0 Å². The van der Waals surface area contributed by atoms with Crippen molar-refractivity contribution < 1.29 is 17.7 Å². The number of pyridine rings is 1. The van der Waals surface area contributed by atoms with Gasteiger partial charge in [-0.05, 0) is 41.5 Å². The second kappa shape index (κ2) is 14.4. The van der Waals surface area contributed by atoms with Crippen molar-refractivity contribution in [1.29, 1.82) is 0 Å². The van der Waals surface area contributed by atoms with Crippen molar-refractivity contribution >= 4 is 43.0 Å². The fourth-order valence-corrected chi connectivity index (χ4v) is 4.43. The molecule has 0 saturated heterocycles. The van der Waals surface area contributed by atoms with E-state index in [9.17, 15) is 0 Å². The van der Waals surface area contributed by atoms with Gasteiger partial charge < -0.3 is 0 Å². The van der Waals surface area contributed by atoms with Gasteiger partial charge in [0.05, 0.1) is 17.8 Å². The molecule has 0 saturated carbocycles. The minimum absolute atomic E-state index is 0.0591. The second-order valence-corrected chi connectivity index (χ2v) is 13.5. The summed E-state index contributed by atoms with van der Waals surface area (Å²) in [6.45, 7) is 17.8. The van der Waals surface area contributed by atoms with E-state index in [1.165, 1.54) is 22.5 Å². The standard InChI is InChI=1S/C32H42N3.2ClH.Fe/c1-23(33-29-19-12-10-17-27(29)31(3,4)5)21-25-15-14-16-26(34-25)22-24(2)35(9)30-20-13-11-18-28(30)32(6,7)8;;;/h10-20H,21-22H2,1-9H3;2*1H;/q+1;;;+2/p-2. The van der Waals surface area contributed by atoms with Gasteiger partial charge in [-0.3, -0.25) is 9.98 Å². The van der Waals surface area contributed by atoms with E-state index in [4.69, 9.17) is 30.2 Å². The van der Waals surface area contributed by atoms with Crippen LogP contribution in [0.3, 0.4) is 0 Å². The Balaban J connectivity index is 0.00000161. The van der Waals surface area contributed by atoms with Crippen molar-refractivity contribution in [2.24, 2.45) is 4.99 Å². The average molecular weight is 595 g/mol. The second-order valence-electron chi connectivity index (χ2n) is 11.7. The third kappa shape index (κ3) is 9.65. The third-order valence-electron chi connectivity index (χ3n) is 6.41. The van der Waals surface area contributed by atoms with Crippen LogP contribution in [-0.4, -0.2) is 28.0 Å². The molecule has 0 amide bonds. The van der Waals surface area contributed by atoms with Crippen molar-refractivity contribution in [3.63, 3.8) is 0 Å². The number of aromatic nitrogens is 1. The van der Waals surface area contributed by atoms with Gasteiger partial charge in [0.15, 0.2) is 5.71 Å². The predicted molar refractivity (Wildman–Crippen MR) is 163 cm³/mol. The fraction of sp³-hybridized carbons (Fsp3) is 0.406. The van der Waals surface area contributed by atoms with Gasteiger partial charge in [0, 0.05) is 36.4 Å². The average Bonchev–Trinajstić information content (AvgIpc) is 2.83. The zero-order valence-corrected chi connectivity index (χ0v) is 26.8. The van der Waals surface area contributed by atoms with Gasteiger partial charge in [-0.25, -0.2) is 4.58 Å². The molecule has 0 spiro atoms. The van der Waals surface area contributed by atoms with Crippen molar-refractivity contribution in [2.75, 3.05) is 7.05 Å². The first kappa shape index (κ1) is 32.2.